The number of aliphatic hydroxyl groups is 1. The normalized spacial score (nSPS) is 17.8. The summed E-state index contributed by atoms with van der Waals surface area (Å²) in [5.74, 6) is -0.775. The van der Waals surface area contributed by atoms with Crippen LogP contribution in [0.4, 0.5) is 4.39 Å². The number of halogens is 3. The maximum atomic E-state index is 13.3. The first kappa shape index (κ1) is 28.4. The molecule has 8 nitrogen and oxygen atoms in total. The van der Waals surface area contributed by atoms with Crippen LogP contribution in [0.1, 0.15) is 48.2 Å². The quantitative estimate of drug-likeness (QED) is 0.332. The highest BCUT2D eigenvalue weighted by Gasteiger charge is 2.29. The predicted molar refractivity (Wildman–Crippen MR) is 144 cm³/mol. The molecule has 2 N–H and O–H groups in total. The van der Waals surface area contributed by atoms with Gasteiger partial charge in [0, 0.05) is 16.1 Å². The van der Waals surface area contributed by atoms with Gasteiger partial charge < -0.3 is 14.6 Å². The van der Waals surface area contributed by atoms with E-state index in [9.17, 15) is 22.7 Å². The molecule has 0 aliphatic heterocycles. The van der Waals surface area contributed by atoms with Gasteiger partial charge in [-0.1, -0.05) is 36.0 Å². The highest BCUT2D eigenvalue weighted by atomic mass is 35.5. The largest absolute Gasteiger partial charge is 0.391 e. The van der Waals surface area contributed by atoms with Crippen molar-refractivity contribution >= 4 is 39.2 Å². The van der Waals surface area contributed by atoms with Crippen molar-refractivity contribution in [1.29, 1.82) is 0 Å². The van der Waals surface area contributed by atoms with Crippen LogP contribution in [0.2, 0.25) is 10.0 Å². The molecule has 4 rings (SSSR count). The Labute approximate surface area is 230 Å². The molecule has 0 spiro atoms. The van der Waals surface area contributed by atoms with E-state index in [-0.39, 0.29) is 23.9 Å². The van der Waals surface area contributed by atoms with Gasteiger partial charge in [0.1, 0.15) is 5.75 Å². The molecule has 1 heterocycles. The third kappa shape index (κ3) is 6.48. The average Bonchev–Trinajstić information content (AvgIpc) is 3.21. The van der Waals surface area contributed by atoms with Gasteiger partial charge in [-0.05, 0) is 68.7 Å². The zero-order valence-corrected chi connectivity index (χ0v) is 23.0. The Morgan fingerprint density at radius 2 is 1.89 bits per heavy atom. The fourth-order valence-electron chi connectivity index (χ4n) is 4.48. The highest BCUT2D eigenvalue weighted by Crippen LogP contribution is 2.34. The summed E-state index contributed by atoms with van der Waals surface area (Å²) in [6.45, 7) is 0.994. The summed E-state index contributed by atoms with van der Waals surface area (Å²) in [6, 6.07) is 10.8. The molecule has 12 heteroatoms. The molecule has 1 fully saturated rings. The summed E-state index contributed by atoms with van der Waals surface area (Å²) in [5, 5.41) is 18.6. The maximum Gasteiger partial charge on any atom is 0.309 e. The second-order valence-corrected chi connectivity index (χ2v) is 11.7. The number of carbonyl (C=O) groups is 1. The van der Waals surface area contributed by atoms with Crippen LogP contribution in [0.15, 0.2) is 42.5 Å². The summed E-state index contributed by atoms with van der Waals surface area (Å²) in [4.78, 5) is 13.3. The fourth-order valence-corrected chi connectivity index (χ4v) is 5.92. The van der Waals surface area contributed by atoms with Crippen LogP contribution in [0.5, 0.6) is 5.75 Å². The fraction of sp³-hybridized carbons (Fsp3) is 0.385. The van der Waals surface area contributed by atoms with E-state index in [1.165, 1.54) is 16.8 Å². The number of alkyl halides is 1. The molecule has 1 saturated carbocycles. The Balaban J connectivity index is 1.72. The SMILES string of the molecule is Cc1c(C(=O)NC2CCCCC2O)nn(-c2ccc(Cl)cc2Cl)c1-c1ccc(OS(=O)(=O)CCCF)cc1. The van der Waals surface area contributed by atoms with Crippen LogP contribution in [0, 0.1) is 6.92 Å². The number of amides is 1. The van der Waals surface area contributed by atoms with Crippen molar-refractivity contribution in [2.75, 3.05) is 12.4 Å². The van der Waals surface area contributed by atoms with Gasteiger partial charge in [-0.2, -0.15) is 13.5 Å². The highest BCUT2D eigenvalue weighted by molar-refractivity contribution is 7.87. The first-order valence-electron chi connectivity index (χ1n) is 12.2. The smallest absolute Gasteiger partial charge is 0.309 e. The second kappa shape index (κ2) is 12.0. The van der Waals surface area contributed by atoms with Gasteiger partial charge >= 0.3 is 10.1 Å². The second-order valence-electron chi connectivity index (χ2n) is 9.17. The van der Waals surface area contributed by atoms with Crippen LogP contribution >= 0.6 is 23.2 Å². The number of benzene rings is 2. The topological polar surface area (TPSA) is 111 Å². The van der Waals surface area contributed by atoms with E-state index < -0.39 is 34.6 Å². The third-order valence-corrected chi connectivity index (χ3v) is 8.17. The minimum atomic E-state index is -3.93. The molecule has 0 radical (unpaired) electrons. The third-order valence-electron chi connectivity index (χ3n) is 6.40. The van der Waals surface area contributed by atoms with E-state index in [0.717, 1.165) is 12.8 Å². The number of hydrogen-bond donors (Lipinski definition) is 2. The van der Waals surface area contributed by atoms with Gasteiger partial charge in [0.2, 0.25) is 0 Å². The minimum Gasteiger partial charge on any atom is -0.391 e. The lowest BCUT2D eigenvalue weighted by atomic mass is 9.92. The van der Waals surface area contributed by atoms with Crippen molar-refractivity contribution in [3.05, 3.63) is 63.8 Å². The Morgan fingerprint density at radius 1 is 1.18 bits per heavy atom. The molecule has 38 heavy (non-hydrogen) atoms. The summed E-state index contributed by atoms with van der Waals surface area (Å²) < 4.78 is 43.1. The van der Waals surface area contributed by atoms with Crippen molar-refractivity contribution in [3.63, 3.8) is 0 Å². The summed E-state index contributed by atoms with van der Waals surface area (Å²) in [6.07, 6.45) is 2.37. The molecule has 1 amide bonds. The lowest BCUT2D eigenvalue weighted by Crippen LogP contribution is -2.45. The van der Waals surface area contributed by atoms with E-state index >= 15 is 0 Å². The number of aromatic nitrogens is 2. The van der Waals surface area contributed by atoms with Crippen molar-refractivity contribution in [2.24, 2.45) is 0 Å². The average molecular weight is 584 g/mol. The van der Waals surface area contributed by atoms with Crippen molar-refractivity contribution in [1.82, 2.24) is 15.1 Å². The first-order valence-corrected chi connectivity index (χ1v) is 14.6. The standard InChI is InChI=1S/C26H28Cl2FN3O5S/c1-16-24(26(34)30-21-5-2-3-6-23(21)33)31-32(22-12-9-18(27)15-20(22)28)25(16)17-7-10-19(11-8-17)37-38(35,36)14-4-13-29/h7-12,15,21,23,33H,2-6,13-14H2,1H3,(H,30,34). The molecule has 1 aliphatic rings. The Hall–Kier alpha value is -2.66. The molecule has 204 valence electrons. The number of carbonyl (C=O) groups excluding carboxylic acids is 1. The number of rotatable bonds is 9. The first-order chi connectivity index (χ1) is 18.1. The number of nitrogens with one attached hydrogen (secondary N) is 1. The van der Waals surface area contributed by atoms with Crippen LogP contribution in [-0.2, 0) is 10.1 Å². The predicted octanol–water partition coefficient (Wildman–Crippen LogP) is 5.26. The lowest BCUT2D eigenvalue weighted by molar-refractivity contribution is 0.0713. The summed E-state index contributed by atoms with van der Waals surface area (Å²) in [5.41, 5.74) is 2.38. The summed E-state index contributed by atoms with van der Waals surface area (Å²) >= 11 is 12.6. The zero-order valence-electron chi connectivity index (χ0n) is 20.7. The zero-order chi connectivity index (χ0) is 27.4. The van der Waals surface area contributed by atoms with Gasteiger partial charge in [-0.15, -0.1) is 0 Å². The molecule has 0 saturated heterocycles. The molecule has 2 unspecified atom stereocenters. The van der Waals surface area contributed by atoms with Gasteiger partial charge in [0.15, 0.2) is 5.69 Å². The minimum absolute atomic E-state index is 0.0742. The van der Waals surface area contributed by atoms with Gasteiger partial charge in [0.05, 0.1) is 41.0 Å². The van der Waals surface area contributed by atoms with E-state index in [4.69, 9.17) is 27.4 Å². The van der Waals surface area contributed by atoms with Crippen LogP contribution in [-0.4, -0.2) is 53.8 Å². The number of hydrogen-bond acceptors (Lipinski definition) is 6. The molecule has 1 aliphatic carbocycles. The van der Waals surface area contributed by atoms with Crippen LogP contribution < -0.4 is 9.50 Å². The molecule has 2 atom stereocenters. The van der Waals surface area contributed by atoms with Crippen LogP contribution in [0.3, 0.4) is 0 Å². The van der Waals surface area contributed by atoms with Crippen molar-refractivity contribution in [3.8, 4) is 22.7 Å². The van der Waals surface area contributed by atoms with E-state index in [0.29, 0.717) is 45.4 Å². The molecule has 0 bridgehead atoms. The van der Waals surface area contributed by atoms with Gasteiger partial charge in [-0.3, -0.25) is 9.18 Å². The van der Waals surface area contributed by atoms with Gasteiger partial charge in [0.25, 0.3) is 5.91 Å². The Kier molecular flexibility index (Phi) is 8.97. The monoisotopic (exact) mass is 583 g/mol. The van der Waals surface area contributed by atoms with E-state index in [1.807, 2.05) is 0 Å². The molecular formula is C26H28Cl2FN3O5S. The molecule has 3 aromatic rings. The molecular weight excluding hydrogens is 556 g/mol. The Bertz CT molecular complexity index is 1410. The van der Waals surface area contributed by atoms with Gasteiger partial charge in [-0.25, -0.2) is 4.68 Å². The summed E-state index contributed by atoms with van der Waals surface area (Å²) in [7, 11) is -3.93. The number of aliphatic hydroxyl groups excluding tert-OH is 1. The van der Waals surface area contributed by atoms with E-state index in [1.54, 1.807) is 37.3 Å². The van der Waals surface area contributed by atoms with Crippen LogP contribution in [0.25, 0.3) is 16.9 Å². The lowest BCUT2D eigenvalue weighted by Gasteiger charge is -2.28. The van der Waals surface area contributed by atoms with Crippen molar-refractivity contribution in [2.45, 2.75) is 51.2 Å². The molecule has 2 aromatic carbocycles. The number of nitrogens with zero attached hydrogens (tertiary/aromatic N) is 2. The molecule has 1 aromatic heterocycles. The van der Waals surface area contributed by atoms with Crippen molar-refractivity contribution < 1.29 is 26.9 Å². The van der Waals surface area contributed by atoms with E-state index in [2.05, 4.69) is 10.4 Å². The maximum absolute atomic E-state index is 13.3. The Morgan fingerprint density at radius 3 is 2.55 bits per heavy atom.